The van der Waals surface area contributed by atoms with Gasteiger partial charge in [-0.05, 0) is 40.5 Å². The summed E-state index contributed by atoms with van der Waals surface area (Å²) in [5, 5.41) is 2.76. The van der Waals surface area contributed by atoms with Crippen molar-refractivity contribution in [3.63, 3.8) is 0 Å². The van der Waals surface area contributed by atoms with Crippen molar-refractivity contribution in [2.24, 2.45) is 0 Å². The van der Waals surface area contributed by atoms with Gasteiger partial charge < -0.3 is 10.1 Å². The number of rotatable bonds is 4. The molecule has 0 spiro atoms. The molecular weight excluding hydrogens is 347 g/mol. The minimum Gasteiger partial charge on any atom is -0.496 e. The van der Waals surface area contributed by atoms with E-state index in [2.05, 4.69) is 21.2 Å². The van der Waals surface area contributed by atoms with Gasteiger partial charge in [-0.25, -0.2) is 13.2 Å². The highest BCUT2D eigenvalue weighted by Gasteiger charge is 2.14. The lowest BCUT2D eigenvalue weighted by atomic mass is 10.1. The molecule has 0 heterocycles. The molecule has 2 aromatic rings. The summed E-state index contributed by atoms with van der Waals surface area (Å²) >= 11 is 3.35. The van der Waals surface area contributed by atoms with Crippen molar-refractivity contribution < 1.29 is 17.9 Å². The number of anilines is 1. The van der Waals surface area contributed by atoms with Gasteiger partial charge >= 0.3 is 0 Å². The van der Waals surface area contributed by atoms with E-state index in [0.717, 1.165) is 16.1 Å². The van der Waals surface area contributed by atoms with Crippen LogP contribution in [-0.2, 0) is 0 Å². The molecule has 2 aromatic carbocycles. The lowest BCUT2D eigenvalue weighted by molar-refractivity contribution is 0.412. The van der Waals surface area contributed by atoms with Crippen molar-refractivity contribution in [3.05, 3.63) is 57.8 Å². The molecule has 2 rings (SSSR count). The van der Waals surface area contributed by atoms with Crippen LogP contribution < -0.4 is 10.1 Å². The minimum atomic E-state index is -1.22. The van der Waals surface area contributed by atoms with E-state index in [9.17, 15) is 13.2 Å². The van der Waals surface area contributed by atoms with Crippen molar-refractivity contribution >= 4 is 21.6 Å². The molecule has 0 aliphatic heterocycles. The molecule has 1 N–H and O–H groups in total. The minimum absolute atomic E-state index is 0.216. The average molecular weight is 360 g/mol. The third kappa shape index (κ3) is 3.50. The van der Waals surface area contributed by atoms with E-state index in [1.54, 1.807) is 32.2 Å². The molecule has 0 saturated carbocycles. The number of methoxy groups -OCH3 is 1. The van der Waals surface area contributed by atoms with E-state index in [1.807, 2.05) is 0 Å². The fourth-order valence-corrected chi connectivity index (χ4v) is 2.49. The maximum atomic E-state index is 13.6. The Hall–Kier alpha value is -1.69. The summed E-state index contributed by atoms with van der Waals surface area (Å²) in [5.41, 5.74) is 0.596. The van der Waals surface area contributed by atoms with Crippen molar-refractivity contribution in [3.8, 4) is 5.75 Å². The van der Waals surface area contributed by atoms with Gasteiger partial charge in [0.2, 0.25) is 0 Å². The van der Waals surface area contributed by atoms with Gasteiger partial charge in [0.25, 0.3) is 0 Å². The van der Waals surface area contributed by atoms with Crippen LogP contribution in [0.2, 0.25) is 0 Å². The summed E-state index contributed by atoms with van der Waals surface area (Å²) in [6.07, 6.45) is 0. The van der Waals surface area contributed by atoms with Crippen LogP contribution >= 0.6 is 15.9 Å². The zero-order chi connectivity index (χ0) is 15.6. The smallest absolute Gasteiger partial charge is 0.182 e. The molecule has 1 unspecified atom stereocenters. The van der Waals surface area contributed by atoms with E-state index in [-0.39, 0.29) is 11.7 Å². The number of benzene rings is 2. The topological polar surface area (TPSA) is 21.3 Å². The molecule has 0 aliphatic rings. The monoisotopic (exact) mass is 359 g/mol. The van der Waals surface area contributed by atoms with Gasteiger partial charge in [-0.15, -0.1) is 0 Å². The third-order valence-corrected chi connectivity index (χ3v) is 3.66. The lowest BCUT2D eigenvalue weighted by Crippen LogP contribution is -2.09. The predicted octanol–water partition coefficient (Wildman–Crippen LogP) is 5.05. The van der Waals surface area contributed by atoms with Crippen LogP contribution in [0.15, 0.2) is 34.8 Å². The predicted molar refractivity (Wildman–Crippen MR) is 79.0 cm³/mol. The van der Waals surface area contributed by atoms with Crippen molar-refractivity contribution in [1.29, 1.82) is 0 Å². The van der Waals surface area contributed by atoms with Crippen molar-refractivity contribution in [2.45, 2.75) is 13.0 Å². The molecule has 1 atom stereocenters. The molecule has 2 nitrogen and oxygen atoms in total. The summed E-state index contributed by atoms with van der Waals surface area (Å²) in [4.78, 5) is 0. The highest BCUT2D eigenvalue weighted by Crippen LogP contribution is 2.30. The first-order chi connectivity index (χ1) is 9.92. The molecule has 112 valence electrons. The van der Waals surface area contributed by atoms with E-state index >= 15 is 0 Å². The van der Waals surface area contributed by atoms with Gasteiger partial charge in [0.15, 0.2) is 11.6 Å². The number of hydrogen-bond donors (Lipinski definition) is 1. The number of halogens is 4. The molecule has 0 aromatic heterocycles. The summed E-state index contributed by atoms with van der Waals surface area (Å²) in [6, 6.07) is 6.42. The Balaban J connectivity index is 2.26. The highest BCUT2D eigenvalue weighted by molar-refractivity contribution is 9.10. The fourth-order valence-electron chi connectivity index (χ4n) is 1.93. The standard InChI is InChI=1S/C15H13BrF3NO/c1-8(9-3-4-14(21-2)11(16)5-9)20-13-7-10(17)6-12(18)15(13)19/h3-8,20H,1-2H3. The maximum absolute atomic E-state index is 13.6. The Kier molecular flexibility index (Phi) is 4.77. The lowest BCUT2D eigenvalue weighted by Gasteiger charge is -2.17. The van der Waals surface area contributed by atoms with Gasteiger partial charge in [-0.1, -0.05) is 6.07 Å². The Labute approximate surface area is 129 Å². The van der Waals surface area contributed by atoms with Gasteiger partial charge in [0.05, 0.1) is 17.3 Å². The largest absolute Gasteiger partial charge is 0.496 e. The normalized spacial score (nSPS) is 12.1. The molecule has 6 heteroatoms. The zero-order valence-corrected chi connectivity index (χ0v) is 13.0. The molecule has 21 heavy (non-hydrogen) atoms. The van der Waals surface area contributed by atoms with Crippen LogP contribution in [0.4, 0.5) is 18.9 Å². The maximum Gasteiger partial charge on any atom is 0.182 e. The number of ether oxygens (including phenoxy) is 1. The van der Waals surface area contributed by atoms with Crippen LogP contribution in [0.3, 0.4) is 0 Å². The van der Waals surface area contributed by atoms with Crippen LogP contribution in [0, 0.1) is 17.5 Å². The zero-order valence-electron chi connectivity index (χ0n) is 11.4. The molecule has 0 fully saturated rings. The highest BCUT2D eigenvalue weighted by atomic mass is 79.9. The second-order valence-electron chi connectivity index (χ2n) is 4.51. The molecular formula is C15H13BrF3NO. The summed E-state index contributed by atoms with van der Waals surface area (Å²) in [6.45, 7) is 1.76. The fraction of sp³-hybridized carbons (Fsp3) is 0.200. The van der Waals surface area contributed by atoms with Gasteiger partial charge in [-0.3, -0.25) is 0 Å². The number of hydrogen-bond acceptors (Lipinski definition) is 2. The van der Waals surface area contributed by atoms with Crippen LogP contribution in [0.25, 0.3) is 0 Å². The molecule has 0 amide bonds. The first kappa shape index (κ1) is 15.7. The van der Waals surface area contributed by atoms with Crippen LogP contribution in [0.5, 0.6) is 5.75 Å². The quantitative estimate of drug-likeness (QED) is 0.771. The Morgan fingerprint density at radius 3 is 2.48 bits per heavy atom. The summed E-state index contributed by atoms with van der Waals surface area (Å²) in [5.74, 6) is -2.50. The van der Waals surface area contributed by atoms with E-state index in [1.165, 1.54) is 0 Å². The summed E-state index contributed by atoms with van der Waals surface area (Å²) < 4.78 is 45.8. The van der Waals surface area contributed by atoms with E-state index in [0.29, 0.717) is 11.8 Å². The van der Waals surface area contributed by atoms with Crippen molar-refractivity contribution in [2.75, 3.05) is 12.4 Å². The third-order valence-electron chi connectivity index (χ3n) is 3.04. The second-order valence-corrected chi connectivity index (χ2v) is 5.36. The Bertz CT molecular complexity index is 664. The van der Waals surface area contributed by atoms with Crippen molar-refractivity contribution in [1.82, 2.24) is 0 Å². The van der Waals surface area contributed by atoms with Gasteiger partial charge in [0, 0.05) is 18.2 Å². The molecule has 0 aliphatic carbocycles. The molecule has 0 bridgehead atoms. The number of nitrogens with one attached hydrogen (secondary N) is 1. The van der Waals surface area contributed by atoms with Gasteiger partial charge in [-0.2, -0.15) is 0 Å². The summed E-state index contributed by atoms with van der Waals surface area (Å²) in [7, 11) is 1.55. The van der Waals surface area contributed by atoms with Crippen LogP contribution in [-0.4, -0.2) is 7.11 Å². The van der Waals surface area contributed by atoms with E-state index < -0.39 is 17.5 Å². The average Bonchev–Trinajstić information content (AvgIpc) is 2.44. The van der Waals surface area contributed by atoms with Crippen LogP contribution in [0.1, 0.15) is 18.5 Å². The molecule has 0 saturated heterocycles. The Morgan fingerprint density at radius 2 is 1.86 bits per heavy atom. The Morgan fingerprint density at radius 1 is 1.14 bits per heavy atom. The SMILES string of the molecule is COc1ccc(C(C)Nc2cc(F)cc(F)c2F)cc1Br. The first-order valence-corrected chi connectivity index (χ1v) is 6.96. The van der Waals surface area contributed by atoms with Gasteiger partial charge in [0.1, 0.15) is 11.6 Å². The second kappa shape index (κ2) is 6.39. The van der Waals surface area contributed by atoms with E-state index in [4.69, 9.17) is 4.74 Å². The first-order valence-electron chi connectivity index (χ1n) is 6.17. The molecule has 0 radical (unpaired) electrons.